The molecule has 31 heavy (non-hydrogen) atoms. The number of hydrogen-bond acceptors (Lipinski definition) is 2. The quantitative estimate of drug-likeness (QED) is 0.486. The zero-order valence-electron chi connectivity index (χ0n) is 18.0. The number of nitrogens with one attached hydrogen (secondary N) is 1. The number of nitrogens with zero attached hydrogens (tertiary/aromatic N) is 1. The van der Waals surface area contributed by atoms with Crippen LogP contribution >= 0.6 is 11.3 Å². The molecule has 1 aliphatic heterocycles. The molecular weight excluding hydrogens is 407 g/mol. The molecule has 1 atom stereocenters. The standard InChI is InChI=1S/C26H27FN2OS/c1-16-7-12-20(15-17(16)2)28-26(30)29-14-13-22-21-5-3-4-6-23(21)31-25(22)24(29)18-8-10-19(27)11-9-18/h7-12,15,24H,3-6,13-14H2,1-2H3,(H,28,30)/t24-/m0/s1. The summed E-state index contributed by atoms with van der Waals surface area (Å²) in [7, 11) is 0. The Labute approximate surface area is 186 Å². The van der Waals surface area contributed by atoms with Gasteiger partial charge < -0.3 is 10.2 Å². The van der Waals surface area contributed by atoms with Gasteiger partial charge in [0.05, 0.1) is 6.04 Å². The number of rotatable bonds is 2. The number of urea groups is 1. The van der Waals surface area contributed by atoms with E-state index in [0.717, 1.165) is 36.1 Å². The molecule has 1 N–H and O–H groups in total. The van der Waals surface area contributed by atoms with E-state index >= 15 is 0 Å². The molecule has 2 heterocycles. The van der Waals surface area contributed by atoms with Crippen LogP contribution in [0.2, 0.25) is 0 Å². The van der Waals surface area contributed by atoms with Crippen LogP contribution in [0.25, 0.3) is 0 Å². The van der Waals surface area contributed by atoms with Crippen molar-refractivity contribution in [2.75, 3.05) is 11.9 Å². The normalized spacial score (nSPS) is 17.8. The van der Waals surface area contributed by atoms with E-state index < -0.39 is 0 Å². The lowest BCUT2D eigenvalue weighted by Gasteiger charge is -2.36. The van der Waals surface area contributed by atoms with Gasteiger partial charge in [-0.25, -0.2) is 9.18 Å². The fourth-order valence-corrected chi connectivity index (χ4v) is 6.44. The highest BCUT2D eigenvalue weighted by Crippen LogP contribution is 2.45. The highest BCUT2D eigenvalue weighted by molar-refractivity contribution is 7.12. The van der Waals surface area contributed by atoms with Gasteiger partial charge in [-0.2, -0.15) is 0 Å². The van der Waals surface area contributed by atoms with Crippen molar-refractivity contribution in [3.8, 4) is 0 Å². The van der Waals surface area contributed by atoms with E-state index in [2.05, 4.69) is 19.2 Å². The molecule has 0 spiro atoms. The van der Waals surface area contributed by atoms with Gasteiger partial charge in [-0.15, -0.1) is 11.3 Å². The minimum absolute atomic E-state index is 0.102. The SMILES string of the molecule is Cc1ccc(NC(=O)N2CCc3c(sc4c3CCCC4)[C@@H]2c2ccc(F)cc2)cc1C. The second kappa shape index (κ2) is 8.12. The van der Waals surface area contributed by atoms with Gasteiger partial charge in [0.1, 0.15) is 5.82 Å². The van der Waals surface area contributed by atoms with Gasteiger partial charge in [0.25, 0.3) is 0 Å². The highest BCUT2D eigenvalue weighted by atomic mass is 32.1. The first-order valence-electron chi connectivity index (χ1n) is 11.0. The number of thiophene rings is 1. The van der Waals surface area contributed by atoms with Gasteiger partial charge in [0.2, 0.25) is 0 Å². The van der Waals surface area contributed by atoms with Crippen LogP contribution in [0.3, 0.4) is 0 Å². The molecule has 1 aliphatic carbocycles. The third-order valence-corrected chi connectivity index (χ3v) is 8.07. The van der Waals surface area contributed by atoms with Crippen LogP contribution in [0.5, 0.6) is 0 Å². The fourth-order valence-electron chi connectivity index (χ4n) is 4.86. The summed E-state index contributed by atoms with van der Waals surface area (Å²) in [5, 5.41) is 3.10. The van der Waals surface area contributed by atoms with Crippen molar-refractivity contribution in [1.29, 1.82) is 0 Å². The molecule has 0 fully saturated rings. The molecule has 160 valence electrons. The molecular formula is C26H27FN2OS. The smallest absolute Gasteiger partial charge is 0.312 e. The van der Waals surface area contributed by atoms with Gasteiger partial charge in [0, 0.05) is 22.0 Å². The minimum atomic E-state index is -0.253. The van der Waals surface area contributed by atoms with Gasteiger partial charge in [0.15, 0.2) is 0 Å². The lowest BCUT2D eigenvalue weighted by atomic mass is 9.88. The van der Waals surface area contributed by atoms with Crippen molar-refractivity contribution < 1.29 is 9.18 Å². The summed E-state index contributed by atoms with van der Waals surface area (Å²) >= 11 is 1.86. The molecule has 2 aromatic carbocycles. The monoisotopic (exact) mass is 434 g/mol. The average molecular weight is 435 g/mol. The summed E-state index contributed by atoms with van der Waals surface area (Å²) in [5.41, 5.74) is 7.09. The zero-order chi connectivity index (χ0) is 21.5. The number of halogens is 1. The Morgan fingerprint density at radius 1 is 1.00 bits per heavy atom. The number of hydrogen-bond donors (Lipinski definition) is 1. The molecule has 2 aliphatic rings. The summed E-state index contributed by atoms with van der Waals surface area (Å²) in [6.07, 6.45) is 5.66. The first-order valence-corrected chi connectivity index (χ1v) is 11.9. The molecule has 0 saturated heterocycles. The van der Waals surface area contributed by atoms with Crippen molar-refractivity contribution in [2.45, 2.75) is 52.0 Å². The number of amides is 2. The van der Waals surface area contributed by atoms with Crippen molar-refractivity contribution >= 4 is 23.1 Å². The molecule has 3 aromatic rings. The molecule has 3 nitrogen and oxygen atoms in total. The zero-order valence-corrected chi connectivity index (χ0v) is 18.8. The van der Waals surface area contributed by atoms with Crippen molar-refractivity contribution in [1.82, 2.24) is 4.90 Å². The number of aryl methyl sites for hydroxylation is 3. The van der Waals surface area contributed by atoms with Crippen LogP contribution in [0.15, 0.2) is 42.5 Å². The largest absolute Gasteiger partial charge is 0.322 e. The summed E-state index contributed by atoms with van der Waals surface area (Å²) in [4.78, 5) is 18.1. The maximum absolute atomic E-state index is 13.7. The van der Waals surface area contributed by atoms with Gasteiger partial charge >= 0.3 is 6.03 Å². The second-order valence-electron chi connectivity index (χ2n) is 8.68. The topological polar surface area (TPSA) is 32.3 Å². The van der Waals surface area contributed by atoms with E-state index in [1.165, 1.54) is 51.4 Å². The maximum Gasteiger partial charge on any atom is 0.322 e. The Balaban J connectivity index is 1.52. The predicted octanol–water partition coefficient (Wildman–Crippen LogP) is 6.56. The molecule has 0 bridgehead atoms. The van der Waals surface area contributed by atoms with Crippen LogP contribution < -0.4 is 5.32 Å². The van der Waals surface area contributed by atoms with Gasteiger partial charge in [-0.1, -0.05) is 18.2 Å². The third-order valence-electron chi connectivity index (χ3n) is 6.68. The van der Waals surface area contributed by atoms with Gasteiger partial charge in [-0.05, 0) is 98.0 Å². The fraction of sp³-hybridized carbons (Fsp3) is 0.346. The van der Waals surface area contributed by atoms with Crippen LogP contribution in [0.1, 0.15) is 56.5 Å². The summed E-state index contributed by atoms with van der Waals surface area (Å²) in [5.74, 6) is -0.253. The van der Waals surface area contributed by atoms with Crippen LogP contribution in [-0.2, 0) is 19.3 Å². The Hall–Kier alpha value is -2.66. The van der Waals surface area contributed by atoms with E-state index in [4.69, 9.17) is 0 Å². The molecule has 0 saturated carbocycles. The van der Waals surface area contributed by atoms with Crippen molar-refractivity contribution in [2.24, 2.45) is 0 Å². The first kappa shape index (κ1) is 20.3. The van der Waals surface area contributed by atoms with Gasteiger partial charge in [-0.3, -0.25) is 0 Å². The summed E-state index contributed by atoms with van der Waals surface area (Å²) in [6.45, 7) is 4.78. The molecule has 2 amide bonds. The third kappa shape index (κ3) is 3.76. The number of anilines is 1. The molecule has 5 heteroatoms. The molecule has 0 unspecified atom stereocenters. The molecule has 5 rings (SSSR count). The Bertz CT molecular complexity index is 1140. The average Bonchev–Trinajstić information content (AvgIpc) is 3.15. The number of carbonyl (C=O) groups excluding carboxylic acids is 1. The van der Waals surface area contributed by atoms with Crippen LogP contribution in [0.4, 0.5) is 14.9 Å². The van der Waals surface area contributed by atoms with E-state index in [0.29, 0.717) is 6.54 Å². The number of carbonyl (C=O) groups is 1. The van der Waals surface area contributed by atoms with E-state index in [1.807, 2.05) is 46.6 Å². The molecule has 0 radical (unpaired) electrons. The Kier molecular flexibility index (Phi) is 5.30. The minimum Gasteiger partial charge on any atom is -0.312 e. The Morgan fingerprint density at radius 2 is 1.77 bits per heavy atom. The second-order valence-corrected chi connectivity index (χ2v) is 9.82. The molecule has 1 aromatic heterocycles. The number of benzene rings is 2. The van der Waals surface area contributed by atoms with Crippen LogP contribution in [0, 0.1) is 19.7 Å². The lowest BCUT2D eigenvalue weighted by molar-refractivity contribution is 0.195. The van der Waals surface area contributed by atoms with E-state index in [1.54, 1.807) is 0 Å². The number of fused-ring (bicyclic) bond motifs is 3. The van der Waals surface area contributed by atoms with E-state index in [9.17, 15) is 9.18 Å². The highest BCUT2D eigenvalue weighted by Gasteiger charge is 2.36. The van der Waals surface area contributed by atoms with Crippen LogP contribution in [-0.4, -0.2) is 17.5 Å². The van der Waals surface area contributed by atoms with Crippen molar-refractivity contribution in [3.63, 3.8) is 0 Å². The Morgan fingerprint density at radius 3 is 2.55 bits per heavy atom. The van der Waals surface area contributed by atoms with E-state index in [-0.39, 0.29) is 17.9 Å². The summed E-state index contributed by atoms with van der Waals surface area (Å²) in [6, 6.07) is 12.4. The van der Waals surface area contributed by atoms with Crippen molar-refractivity contribution in [3.05, 3.63) is 85.9 Å². The lowest BCUT2D eigenvalue weighted by Crippen LogP contribution is -2.42. The summed E-state index contributed by atoms with van der Waals surface area (Å²) < 4.78 is 13.7. The first-order chi connectivity index (χ1) is 15.0. The maximum atomic E-state index is 13.7. The predicted molar refractivity (Wildman–Crippen MR) is 125 cm³/mol.